The van der Waals surface area contributed by atoms with Gasteiger partial charge in [-0.05, 0) is 38.4 Å². The number of hydrogen-bond acceptors (Lipinski definition) is 6. The van der Waals surface area contributed by atoms with Crippen LogP contribution in [0.1, 0.15) is 19.8 Å². The van der Waals surface area contributed by atoms with Crippen LogP contribution in [0.4, 0.5) is 17.6 Å². The van der Waals surface area contributed by atoms with Crippen molar-refractivity contribution in [3.8, 4) is 0 Å². The predicted octanol–water partition coefficient (Wildman–Crippen LogP) is 0.785. The predicted molar refractivity (Wildman–Crippen MR) is 74.2 cm³/mol. The molecule has 18 heavy (non-hydrogen) atoms. The van der Waals surface area contributed by atoms with Gasteiger partial charge in [0.25, 0.3) is 0 Å². The first kappa shape index (κ1) is 12.9. The normalized spacial score (nSPS) is 17.8. The van der Waals surface area contributed by atoms with E-state index in [-0.39, 0.29) is 5.95 Å². The van der Waals surface area contributed by atoms with Gasteiger partial charge in [0, 0.05) is 12.6 Å². The van der Waals surface area contributed by atoms with Gasteiger partial charge in [-0.3, -0.25) is 0 Å². The lowest BCUT2D eigenvalue weighted by Gasteiger charge is -2.31. The van der Waals surface area contributed by atoms with E-state index in [0.717, 1.165) is 18.9 Å². The Morgan fingerprint density at radius 2 is 2.06 bits per heavy atom. The standard InChI is InChI=1S/C12H22N6/c1-2-18-5-3-9(4-6-18)8-15-11-7-10(13)16-12(14)17-11/h7,9H,2-6,8H2,1H3,(H5,13,14,15,16,17). The second-order valence-electron chi connectivity index (χ2n) is 4.79. The zero-order chi connectivity index (χ0) is 13.0. The average Bonchev–Trinajstić information content (AvgIpc) is 2.36. The van der Waals surface area contributed by atoms with E-state index in [1.54, 1.807) is 6.07 Å². The molecule has 0 unspecified atom stereocenters. The lowest BCUT2D eigenvalue weighted by molar-refractivity contribution is 0.198. The number of nitrogen functional groups attached to an aromatic ring is 2. The summed E-state index contributed by atoms with van der Waals surface area (Å²) in [5.74, 6) is 2.05. The molecule has 1 aromatic heterocycles. The summed E-state index contributed by atoms with van der Waals surface area (Å²) in [6.07, 6.45) is 2.47. The van der Waals surface area contributed by atoms with E-state index in [1.165, 1.54) is 25.9 Å². The summed E-state index contributed by atoms with van der Waals surface area (Å²) in [7, 11) is 0. The number of likely N-dealkylation sites (tertiary alicyclic amines) is 1. The van der Waals surface area contributed by atoms with Crippen molar-refractivity contribution in [1.29, 1.82) is 0 Å². The topological polar surface area (TPSA) is 93.1 Å². The van der Waals surface area contributed by atoms with Crippen LogP contribution < -0.4 is 16.8 Å². The van der Waals surface area contributed by atoms with Gasteiger partial charge in [0.1, 0.15) is 11.6 Å². The third kappa shape index (κ3) is 3.46. The van der Waals surface area contributed by atoms with E-state index in [0.29, 0.717) is 11.7 Å². The highest BCUT2D eigenvalue weighted by Gasteiger charge is 2.17. The summed E-state index contributed by atoms with van der Waals surface area (Å²) in [6, 6.07) is 1.72. The van der Waals surface area contributed by atoms with Crippen LogP contribution in [-0.4, -0.2) is 41.0 Å². The molecule has 6 heteroatoms. The molecule has 1 fully saturated rings. The van der Waals surface area contributed by atoms with E-state index in [2.05, 4.69) is 27.1 Å². The molecule has 2 heterocycles. The summed E-state index contributed by atoms with van der Waals surface area (Å²) in [5.41, 5.74) is 11.2. The van der Waals surface area contributed by atoms with Gasteiger partial charge in [-0.15, -0.1) is 0 Å². The molecule has 0 aliphatic carbocycles. The molecule has 1 aliphatic rings. The second kappa shape index (κ2) is 5.86. The molecule has 6 nitrogen and oxygen atoms in total. The van der Waals surface area contributed by atoms with Gasteiger partial charge in [0.2, 0.25) is 5.95 Å². The zero-order valence-electron chi connectivity index (χ0n) is 10.9. The summed E-state index contributed by atoms with van der Waals surface area (Å²) in [6.45, 7) is 6.67. The van der Waals surface area contributed by atoms with Gasteiger partial charge in [-0.1, -0.05) is 6.92 Å². The van der Waals surface area contributed by atoms with Crippen molar-refractivity contribution in [2.75, 3.05) is 43.0 Å². The number of aromatic nitrogens is 2. The summed E-state index contributed by atoms with van der Waals surface area (Å²) >= 11 is 0. The highest BCUT2D eigenvalue weighted by atomic mass is 15.1. The lowest BCUT2D eigenvalue weighted by Crippen LogP contribution is -2.35. The third-order valence-electron chi connectivity index (χ3n) is 3.49. The van der Waals surface area contributed by atoms with Gasteiger partial charge in [0.05, 0.1) is 0 Å². The minimum Gasteiger partial charge on any atom is -0.383 e. The first-order valence-corrected chi connectivity index (χ1v) is 6.53. The molecule has 100 valence electrons. The largest absolute Gasteiger partial charge is 0.383 e. The van der Waals surface area contributed by atoms with Crippen molar-refractivity contribution in [3.63, 3.8) is 0 Å². The van der Waals surface area contributed by atoms with Crippen molar-refractivity contribution in [1.82, 2.24) is 14.9 Å². The smallest absolute Gasteiger partial charge is 0.223 e. The Morgan fingerprint density at radius 1 is 1.33 bits per heavy atom. The maximum atomic E-state index is 5.63. The number of nitrogens with zero attached hydrogens (tertiary/aromatic N) is 3. The third-order valence-corrected chi connectivity index (χ3v) is 3.49. The monoisotopic (exact) mass is 250 g/mol. The fourth-order valence-corrected chi connectivity index (χ4v) is 2.33. The SMILES string of the molecule is CCN1CCC(CNc2cc(N)nc(N)n2)CC1. The summed E-state index contributed by atoms with van der Waals surface area (Å²) < 4.78 is 0. The molecule has 0 atom stereocenters. The Kier molecular flexibility index (Phi) is 4.19. The van der Waals surface area contributed by atoms with Crippen LogP contribution in [0.25, 0.3) is 0 Å². The average molecular weight is 250 g/mol. The Hall–Kier alpha value is -1.56. The molecule has 0 spiro atoms. The molecule has 1 aliphatic heterocycles. The molecule has 1 saturated heterocycles. The van der Waals surface area contributed by atoms with E-state index >= 15 is 0 Å². The second-order valence-corrected chi connectivity index (χ2v) is 4.79. The van der Waals surface area contributed by atoms with Crippen molar-refractivity contribution in [2.24, 2.45) is 5.92 Å². The van der Waals surface area contributed by atoms with Crippen LogP contribution in [0.5, 0.6) is 0 Å². The molecule has 0 radical (unpaired) electrons. The number of nitrogens with one attached hydrogen (secondary N) is 1. The van der Waals surface area contributed by atoms with Crippen LogP contribution >= 0.6 is 0 Å². The van der Waals surface area contributed by atoms with E-state index in [1.807, 2.05) is 0 Å². The first-order valence-electron chi connectivity index (χ1n) is 6.53. The fraction of sp³-hybridized carbons (Fsp3) is 0.667. The number of nitrogens with two attached hydrogens (primary N) is 2. The van der Waals surface area contributed by atoms with Crippen LogP contribution in [0.3, 0.4) is 0 Å². The molecular formula is C12H22N6. The molecule has 0 saturated carbocycles. The number of hydrogen-bond donors (Lipinski definition) is 3. The molecule has 0 amide bonds. The van der Waals surface area contributed by atoms with Gasteiger partial charge < -0.3 is 21.7 Å². The fourth-order valence-electron chi connectivity index (χ4n) is 2.33. The molecule has 1 aromatic rings. The Bertz CT molecular complexity index is 366. The highest BCUT2D eigenvalue weighted by molar-refractivity contribution is 5.48. The van der Waals surface area contributed by atoms with Crippen molar-refractivity contribution < 1.29 is 0 Å². The molecule has 0 aromatic carbocycles. The Balaban J connectivity index is 1.81. The first-order chi connectivity index (χ1) is 8.67. The summed E-state index contributed by atoms with van der Waals surface area (Å²) in [4.78, 5) is 10.4. The molecule has 0 bridgehead atoms. The van der Waals surface area contributed by atoms with Crippen LogP contribution in [-0.2, 0) is 0 Å². The van der Waals surface area contributed by atoms with Crippen LogP contribution in [0, 0.1) is 5.92 Å². The van der Waals surface area contributed by atoms with Crippen molar-refractivity contribution >= 4 is 17.6 Å². The van der Waals surface area contributed by atoms with Gasteiger partial charge in [0.15, 0.2) is 0 Å². The maximum Gasteiger partial charge on any atom is 0.223 e. The van der Waals surface area contributed by atoms with E-state index < -0.39 is 0 Å². The Labute approximate surface area is 108 Å². The van der Waals surface area contributed by atoms with Gasteiger partial charge in [-0.25, -0.2) is 0 Å². The van der Waals surface area contributed by atoms with Gasteiger partial charge >= 0.3 is 0 Å². The van der Waals surface area contributed by atoms with Gasteiger partial charge in [-0.2, -0.15) is 9.97 Å². The number of piperidine rings is 1. The quantitative estimate of drug-likeness (QED) is 0.731. The van der Waals surface area contributed by atoms with E-state index in [4.69, 9.17) is 11.5 Å². The van der Waals surface area contributed by atoms with Crippen LogP contribution in [0.15, 0.2) is 6.07 Å². The van der Waals surface area contributed by atoms with Crippen LogP contribution in [0.2, 0.25) is 0 Å². The van der Waals surface area contributed by atoms with Crippen molar-refractivity contribution in [2.45, 2.75) is 19.8 Å². The van der Waals surface area contributed by atoms with E-state index in [9.17, 15) is 0 Å². The van der Waals surface area contributed by atoms with Crippen molar-refractivity contribution in [3.05, 3.63) is 6.07 Å². The molecular weight excluding hydrogens is 228 g/mol. The minimum absolute atomic E-state index is 0.221. The zero-order valence-corrected chi connectivity index (χ0v) is 10.9. The maximum absolute atomic E-state index is 5.63. The Morgan fingerprint density at radius 3 is 2.67 bits per heavy atom. The minimum atomic E-state index is 0.221. The molecule has 2 rings (SSSR count). The highest BCUT2D eigenvalue weighted by Crippen LogP contribution is 2.18. The lowest BCUT2D eigenvalue weighted by atomic mass is 9.97. The number of rotatable bonds is 4. The number of anilines is 3. The molecule has 5 N–H and O–H groups in total. The summed E-state index contributed by atoms with van der Waals surface area (Å²) in [5, 5.41) is 3.30.